The van der Waals surface area contributed by atoms with Crippen LogP contribution >= 0.6 is 0 Å². The molecule has 0 bridgehead atoms. The third kappa shape index (κ3) is 2.21. The second kappa shape index (κ2) is 5.30. The fraction of sp³-hybridized carbons (Fsp3) is 0.211. The molecule has 120 valence electrons. The third-order valence-electron chi connectivity index (χ3n) is 4.78. The summed E-state index contributed by atoms with van der Waals surface area (Å²) in [5, 5.41) is 11.0. The molecule has 0 saturated heterocycles. The van der Waals surface area contributed by atoms with Crippen molar-refractivity contribution in [3.8, 4) is 0 Å². The summed E-state index contributed by atoms with van der Waals surface area (Å²) in [4.78, 5) is 24.6. The van der Waals surface area contributed by atoms with Gasteiger partial charge in [0.25, 0.3) is 0 Å². The van der Waals surface area contributed by atoms with Crippen molar-refractivity contribution in [1.29, 1.82) is 0 Å². The Kier molecular flexibility index (Phi) is 3.23. The lowest BCUT2D eigenvalue weighted by molar-refractivity contribution is -0.138. The quantitative estimate of drug-likeness (QED) is 0.779. The van der Waals surface area contributed by atoms with E-state index in [4.69, 9.17) is 0 Å². The van der Waals surface area contributed by atoms with E-state index in [0.717, 1.165) is 22.0 Å². The highest BCUT2D eigenvalue weighted by Crippen LogP contribution is 2.42. The predicted molar refractivity (Wildman–Crippen MR) is 91.8 cm³/mol. The molecule has 1 amide bonds. The lowest BCUT2D eigenvalue weighted by Crippen LogP contribution is -2.51. The average molecular weight is 319 g/mol. The van der Waals surface area contributed by atoms with E-state index in [-0.39, 0.29) is 24.5 Å². The van der Waals surface area contributed by atoms with Crippen LogP contribution in [0.1, 0.15) is 24.0 Å². The van der Waals surface area contributed by atoms with Crippen molar-refractivity contribution in [3.05, 3.63) is 59.8 Å². The highest BCUT2D eigenvalue weighted by atomic mass is 16.2. The number of ketones is 1. The minimum atomic E-state index is -0.755. The Morgan fingerprint density at radius 2 is 1.96 bits per heavy atom. The number of Topliss-reactive ketones (excluding diaryl/α,β-unsaturated/α-hetero) is 1. The molecule has 3 aromatic rings. The number of carbonyl (C=O) groups is 2. The van der Waals surface area contributed by atoms with Crippen molar-refractivity contribution in [2.75, 3.05) is 5.32 Å². The molecule has 1 heterocycles. The van der Waals surface area contributed by atoms with Gasteiger partial charge in [0.05, 0.1) is 17.1 Å². The van der Waals surface area contributed by atoms with E-state index in [9.17, 15) is 9.59 Å². The third-order valence-corrected chi connectivity index (χ3v) is 4.78. The van der Waals surface area contributed by atoms with Crippen molar-refractivity contribution < 1.29 is 9.59 Å². The summed E-state index contributed by atoms with van der Waals surface area (Å²) in [7, 11) is 0. The number of aromatic nitrogens is 2. The van der Waals surface area contributed by atoms with Gasteiger partial charge in [-0.25, -0.2) is 0 Å². The van der Waals surface area contributed by atoms with E-state index in [1.54, 1.807) is 6.20 Å². The summed E-state index contributed by atoms with van der Waals surface area (Å²) in [5.41, 5.74) is 2.76. The van der Waals surface area contributed by atoms with E-state index in [1.165, 1.54) is 0 Å². The summed E-state index contributed by atoms with van der Waals surface area (Å²) >= 11 is 0. The second-order valence-corrected chi connectivity index (χ2v) is 6.42. The van der Waals surface area contributed by atoms with Crippen molar-refractivity contribution in [2.45, 2.75) is 25.2 Å². The van der Waals surface area contributed by atoms with Crippen molar-refractivity contribution in [2.24, 2.45) is 0 Å². The zero-order chi connectivity index (χ0) is 16.7. The first-order valence-corrected chi connectivity index (χ1v) is 7.91. The minimum absolute atomic E-state index is 0.120. The van der Waals surface area contributed by atoms with Gasteiger partial charge in [-0.05, 0) is 30.2 Å². The maximum absolute atomic E-state index is 13.0. The number of anilines is 1. The summed E-state index contributed by atoms with van der Waals surface area (Å²) in [6, 6.07) is 13.3. The summed E-state index contributed by atoms with van der Waals surface area (Å²) in [6.07, 6.45) is 2.29. The van der Waals surface area contributed by atoms with E-state index < -0.39 is 5.41 Å². The van der Waals surface area contributed by atoms with Crippen LogP contribution in [0.25, 0.3) is 10.9 Å². The zero-order valence-electron chi connectivity index (χ0n) is 13.3. The van der Waals surface area contributed by atoms with Crippen LogP contribution in [-0.4, -0.2) is 21.9 Å². The molecule has 4 rings (SSSR count). The van der Waals surface area contributed by atoms with Gasteiger partial charge < -0.3 is 5.32 Å². The van der Waals surface area contributed by atoms with E-state index in [1.807, 2.05) is 49.4 Å². The molecule has 24 heavy (non-hydrogen) atoms. The monoisotopic (exact) mass is 319 g/mol. The lowest BCUT2D eigenvalue weighted by atomic mass is 9.63. The first-order chi connectivity index (χ1) is 11.6. The van der Waals surface area contributed by atoms with Gasteiger partial charge in [-0.2, -0.15) is 5.10 Å². The van der Waals surface area contributed by atoms with Gasteiger partial charge in [-0.1, -0.05) is 30.3 Å². The molecule has 5 nitrogen and oxygen atoms in total. The fourth-order valence-corrected chi connectivity index (χ4v) is 3.43. The molecular formula is C19H17N3O2. The molecule has 2 N–H and O–H groups in total. The fourth-order valence-electron chi connectivity index (χ4n) is 3.43. The molecule has 0 radical (unpaired) electrons. The molecule has 1 aliphatic carbocycles. The molecule has 1 aromatic heterocycles. The molecule has 1 fully saturated rings. The Balaban J connectivity index is 1.67. The van der Waals surface area contributed by atoms with Crippen LogP contribution in [0.5, 0.6) is 0 Å². The number of H-pyrrole nitrogens is 1. The summed E-state index contributed by atoms with van der Waals surface area (Å²) < 4.78 is 0. The molecule has 1 aliphatic rings. The highest BCUT2D eigenvalue weighted by Gasteiger charge is 2.51. The number of nitrogens with zero attached hydrogens (tertiary/aromatic N) is 1. The normalized spacial score (nSPS) is 16.0. The maximum atomic E-state index is 13.0. The van der Waals surface area contributed by atoms with E-state index in [0.29, 0.717) is 5.69 Å². The Morgan fingerprint density at radius 3 is 2.67 bits per heavy atom. The Labute approximate surface area is 139 Å². The number of amides is 1. The molecule has 0 unspecified atom stereocenters. The Hall–Kier alpha value is -2.95. The number of carbonyl (C=O) groups excluding carboxylic acids is 2. The van der Waals surface area contributed by atoms with E-state index >= 15 is 0 Å². The second-order valence-electron chi connectivity index (χ2n) is 6.42. The smallest absolute Gasteiger partial charge is 0.235 e. The summed E-state index contributed by atoms with van der Waals surface area (Å²) in [5.74, 6) is -0.0132. The van der Waals surface area contributed by atoms with Crippen LogP contribution in [0.4, 0.5) is 5.69 Å². The molecule has 0 aliphatic heterocycles. The number of nitrogens with one attached hydrogen (secondary N) is 2. The molecular weight excluding hydrogens is 302 g/mol. The molecule has 1 saturated carbocycles. The standard InChI is InChI=1S/C19H17N3O2/c1-12-7-14(8-17-16(12)11-20-22-17)21-18(24)19(9-15(23)10-19)13-5-3-2-4-6-13/h2-8,11H,9-10H2,1H3,(H,20,22)(H,21,24). The van der Waals surface area contributed by atoms with Crippen molar-refractivity contribution in [1.82, 2.24) is 10.2 Å². The lowest BCUT2D eigenvalue weighted by Gasteiger charge is -2.39. The van der Waals surface area contributed by atoms with Crippen LogP contribution < -0.4 is 5.32 Å². The topological polar surface area (TPSA) is 74.8 Å². The van der Waals surface area contributed by atoms with Crippen molar-refractivity contribution >= 4 is 28.3 Å². The number of rotatable bonds is 3. The molecule has 0 spiro atoms. The van der Waals surface area contributed by atoms with Crippen LogP contribution in [0.15, 0.2) is 48.7 Å². The Bertz CT molecular complexity index is 936. The predicted octanol–water partition coefficient (Wildman–Crippen LogP) is 3.11. The van der Waals surface area contributed by atoms with Gasteiger partial charge in [-0.15, -0.1) is 0 Å². The largest absolute Gasteiger partial charge is 0.325 e. The number of aryl methyl sites for hydroxylation is 1. The number of hydrogen-bond acceptors (Lipinski definition) is 3. The Morgan fingerprint density at radius 1 is 1.21 bits per heavy atom. The first kappa shape index (κ1) is 14.6. The maximum Gasteiger partial charge on any atom is 0.235 e. The van der Waals surface area contributed by atoms with Crippen molar-refractivity contribution in [3.63, 3.8) is 0 Å². The van der Waals surface area contributed by atoms with Gasteiger partial charge in [0.15, 0.2) is 0 Å². The number of hydrogen-bond donors (Lipinski definition) is 2. The highest BCUT2D eigenvalue weighted by molar-refractivity contribution is 6.09. The number of fused-ring (bicyclic) bond motifs is 1. The van der Waals surface area contributed by atoms with Gasteiger partial charge in [0, 0.05) is 23.9 Å². The minimum Gasteiger partial charge on any atom is -0.325 e. The average Bonchev–Trinajstić information content (AvgIpc) is 3.01. The van der Waals surface area contributed by atoms with Crippen LogP contribution in [0.3, 0.4) is 0 Å². The van der Waals surface area contributed by atoms with Gasteiger partial charge in [-0.3, -0.25) is 14.7 Å². The zero-order valence-corrected chi connectivity index (χ0v) is 13.3. The van der Waals surface area contributed by atoms with Crippen LogP contribution in [-0.2, 0) is 15.0 Å². The van der Waals surface area contributed by atoms with Gasteiger partial charge in [0.1, 0.15) is 5.78 Å². The van der Waals surface area contributed by atoms with Gasteiger partial charge in [0.2, 0.25) is 5.91 Å². The van der Waals surface area contributed by atoms with E-state index in [2.05, 4.69) is 15.5 Å². The summed E-state index contributed by atoms with van der Waals surface area (Å²) in [6.45, 7) is 1.98. The van der Waals surface area contributed by atoms with Crippen LogP contribution in [0, 0.1) is 6.92 Å². The number of aromatic amines is 1. The molecule has 5 heteroatoms. The SMILES string of the molecule is Cc1cc(NC(=O)C2(c3ccccc3)CC(=O)C2)cc2[nH]ncc12. The molecule has 2 aromatic carbocycles. The van der Waals surface area contributed by atoms with Gasteiger partial charge >= 0.3 is 0 Å². The van der Waals surface area contributed by atoms with Crippen LogP contribution in [0.2, 0.25) is 0 Å². The first-order valence-electron chi connectivity index (χ1n) is 7.91. The number of benzene rings is 2. The molecule has 0 atom stereocenters.